The number of nitrogens with zero attached hydrogens (tertiary/aromatic N) is 3. The van der Waals surface area contributed by atoms with Crippen LogP contribution in [0, 0.1) is 5.82 Å². The summed E-state index contributed by atoms with van der Waals surface area (Å²) >= 11 is 6.48. The van der Waals surface area contributed by atoms with Gasteiger partial charge in [-0.05, 0) is 59.9 Å². The predicted molar refractivity (Wildman–Crippen MR) is 173 cm³/mol. The van der Waals surface area contributed by atoms with Gasteiger partial charge in [0.25, 0.3) is 0 Å². The van der Waals surface area contributed by atoms with Crippen LogP contribution in [0.2, 0.25) is 5.02 Å². The number of fused-ring (bicyclic) bond motifs is 2. The van der Waals surface area contributed by atoms with Gasteiger partial charge in [0.1, 0.15) is 5.82 Å². The van der Waals surface area contributed by atoms with E-state index in [2.05, 4.69) is 27.1 Å². The number of rotatable bonds is 9. The zero-order chi connectivity index (χ0) is 30.8. The van der Waals surface area contributed by atoms with Crippen LogP contribution in [0.5, 0.6) is 0 Å². The predicted octanol–water partition coefficient (Wildman–Crippen LogP) is 6.95. The molecule has 0 unspecified atom stereocenters. The number of aromatic amines is 2. The Morgan fingerprint density at radius 3 is 2.43 bits per heavy atom. The topological polar surface area (TPSA) is 75.4 Å². The summed E-state index contributed by atoms with van der Waals surface area (Å²) in [6, 6.07) is 20.0. The minimum atomic E-state index is -0.338. The van der Waals surface area contributed by atoms with Crippen LogP contribution in [-0.2, 0) is 22.6 Å². The first-order chi connectivity index (χ1) is 21.3. The van der Waals surface area contributed by atoms with E-state index in [1.165, 1.54) is 6.07 Å². The highest BCUT2D eigenvalue weighted by atomic mass is 35.5. The second-order valence-electron chi connectivity index (χ2n) is 11.4. The first-order valence-electron chi connectivity index (χ1n) is 14.8. The Balaban J connectivity index is 1.32. The summed E-state index contributed by atoms with van der Waals surface area (Å²) in [5.74, 6) is -0.460. The van der Waals surface area contributed by atoms with E-state index in [9.17, 15) is 14.0 Å². The first kappa shape index (κ1) is 29.7. The second-order valence-corrected chi connectivity index (χ2v) is 11.8. The zero-order valence-electron chi connectivity index (χ0n) is 24.8. The maximum Gasteiger partial charge on any atom is 0.234 e. The number of hydrogen-bond donors (Lipinski definition) is 2. The van der Waals surface area contributed by atoms with Crippen molar-refractivity contribution in [3.63, 3.8) is 0 Å². The van der Waals surface area contributed by atoms with E-state index in [1.54, 1.807) is 30.9 Å². The molecule has 0 radical (unpaired) electrons. The first-order valence-corrected chi connectivity index (χ1v) is 15.2. The molecular formula is C35H35ClFN5O2. The monoisotopic (exact) mass is 611 g/mol. The molecule has 0 fully saturated rings. The van der Waals surface area contributed by atoms with E-state index in [1.807, 2.05) is 59.9 Å². The molecule has 5 aromatic rings. The van der Waals surface area contributed by atoms with Crippen molar-refractivity contribution in [3.05, 3.63) is 113 Å². The zero-order valence-corrected chi connectivity index (χ0v) is 25.6. The Morgan fingerprint density at radius 1 is 0.932 bits per heavy atom. The number of hydrogen-bond acceptors (Lipinski definition) is 3. The minimum absolute atomic E-state index is 0.0928. The summed E-state index contributed by atoms with van der Waals surface area (Å²) in [7, 11) is 0. The molecule has 0 saturated carbocycles. The van der Waals surface area contributed by atoms with Gasteiger partial charge >= 0.3 is 0 Å². The molecule has 2 N–H and O–H groups in total. The van der Waals surface area contributed by atoms with E-state index in [0.717, 1.165) is 44.1 Å². The van der Waals surface area contributed by atoms with Crippen molar-refractivity contribution < 1.29 is 14.0 Å². The number of H-pyrrole nitrogens is 2. The quantitative estimate of drug-likeness (QED) is 0.189. The molecule has 9 heteroatoms. The molecule has 0 spiro atoms. The van der Waals surface area contributed by atoms with E-state index in [-0.39, 0.29) is 23.7 Å². The maximum atomic E-state index is 14.1. The lowest BCUT2D eigenvalue weighted by molar-refractivity contribution is -0.155. The Morgan fingerprint density at radius 2 is 1.68 bits per heavy atom. The number of nitrogens with one attached hydrogen (secondary N) is 2. The Hall–Kier alpha value is -4.40. The largest absolute Gasteiger partial charge is 0.361 e. The Kier molecular flexibility index (Phi) is 8.55. The summed E-state index contributed by atoms with van der Waals surface area (Å²) in [6.45, 7) is 4.91. The van der Waals surface area contributed by atoms with Crippen molar-refractivity contribution in [2.45, 2.75) is 39.3 Å². The van der Waals surface area contributed by atoms with Crippen molar-refractivity contribution in [1.82, 2.24) is 24.9 Å². The summed E-state index contributed by atoms with van der Waals surface area (Å²) in [5, 5.41) is 6.43. The summed E-state index contributed by atoms with van der Waals surface area (Å²) in [5.41, 5.74) is 5.93. The van der Waals surface area contributed by atoms with Gasteiger partial charge in [-0.3, -0.25) is 14.6 Å². The highest BCUT2D eigenvalue weighted by Crippen LogP contribution is 2.31. The van der Waals surface area contributed by atoms with Crippen LogP contribution in [0.3, 0.4) is 0 Å². The molecule has 3 aromatic carbocycles. The summed E-state index contributed by atoms with van der Waals surface area (Å²) in [6.07, 6.45) is 7.26. The molecule has 1 aliphatic heterocycles. The van der Waals surface area contributed by atoms with E-state index in [4.69, 9.17) is 11.6 Å². The molecule has 226 valence electrons. The van der Waals surface area contributed by atoms with Gasteiger partial charge in [0.05, 0.1) is 6.04 Å². The Bertz CT molecular complexity index is 1860. The van der Waals surface area contributed by atoms with Crippen molar-refractivity contribution in [3.8, 4) is 0 Å². The van der Waals surface area contributed by atoms with Gasteiger partial charge in [-0.2, -0.15) is 0 Å². The fraction of sp³-hybridized carbons (Fsp3) is 0.257. The third-order valence-electron chi connectivity index (χ3n) is 8.48. The molecule has 44 heavy (non-hydrogen) atoms. The number of benzene rings is 3. The fourth-order valence-corrected chi connectivity index (χ4v) is 6.51. The number of para-hydroxylation sites is 1. The van der Waals surface area contributed by atoms with Crippen LogP contribution in [0.15, 0.2) is 85.2 Å². The molecule has 1 atom stereocenters. The van der Waals surface area contributed by atoms with Crippen LogP contribution in [0.25, 0.3) is 27.4 Å². The average Bonchev–Trinajstić information content (AvgIpc) is 3.62. The van der Waals surface area contributed by atoms with E-state index in [0.29, 0.717) is 44.0 Å². The van der Waals surface area contributed by atoms with Crippen molar-refractivity contribution in [1.29, 1.82) is 0 Å². The van der Waals surface area contributed by atoms with Crippen LogP contribution >= 0.6 is 11.6 Å². The molecule has 7 nitrogen and oxygen atoms in total. The lowest BCUT2D eigenvalue weighted by Gasteiger charge is -2.43. The van der Waals surface area contributed by atoms with Crippen LogP contribution in [0.4, 0.5) is 4.39 Å². The molecule has 6 rings (SSSR count). The van der Waals surface area contributed by atoms with Gasteiger partial charge in [-0.15, -0.1) is 0 Å². The number of carbonyl (C=O) groups excluding carboxylic acids is 2. The number of carbonyl (C=O) groups is 2. The van der Waals surface area contributed by atoms with Gasteiger partial charge in [-0.1, -0.05) is 54.1 Å². The second kappa shape index (κ2) is 12.7. The van der Waals surface area contributed by atoms with Crippen molar-refractivity contribution in [2.24, 2.45) is 0 Å². The van der Waals surface area contributed by atoms with Crippen molar-refractivity contribution in [2.75, 3.05) is 19.6 Å². The van der Waals surface area contributed by atoms with Gasteiger partial charge in [0, 0.05) is 84.8 Å². The van der Waals surface area contributed by atoms with Gasteiger partial charge in [-0.25, -0.2) is 9.40 Å². The SMILES string of the molecule is CC(=O)N(Cc1ccccc1Cl)C[C@@H](Cc1c[nH]c2ccccc12)N(C(C)=O)N1CC=C(c2c[nH]c3ccc(F)cc23)CC1. The highest BCUT2D eigenvalue weighted by molar-refractivity contribution is 6.31. The molecular weight excluding hydrogens is 577 g/mol. The smallest absolute Gasteiger partial charge is 0.234 e. The number of aromatic nitrogens is 2. The fourth-order valence-electron chi connectivity index (χ4n) is 6.32. The van der Waals surface area contributed by atoms with Gasteiger partial charge in [0.2, 0.25) is 11.8 Å². The molecule has 1 aliphatic rings. The van der Waals surface area contributed by atoms with Gasteiger partial charge in [0.15, 0.2) is 0 Å². The number of halogens is 2. The van der Waals surface area contributed by atoms with Crippen LogP contribution in [-0.4, -0.2) is 62.4 Å². The molecule has 2 amide bonds. The molecule has 0 saturated heterocycles. The molecule has 0 aliphatic carbocycles. The van der Waals surface area contributed by atoms with E-state index >= 15 is 0 Å². The molecule has 3 heterocycles. The third-order valence-corrected chi connectivity index (χ3v) is 8.85. The van der Waals surface area contributed by atoms with Gasteiger partial charge < -0.3 is 14.9 Å². The third kappa shape index (κ3) is 6.14. The summed E-state index contributed by atoms with van der Waals surface area (Å²) in [4.78, 5) is 34.8. The van der Waals surface area contributed by atoms with Crippen LogP contribution in [0.1, 0.15) is 37.0 Å². The maximum absolute atomic E-state index is 14.1. The number of hydrazine groups is 1. The lowest BCUT2D eigenvalue weighted by Crippen LogP contribution is -2.57. The van der Waals surface area contributed by atoms with Crippen LogP contribution < -0.4 is 0 Å². The standard InChI is InChI=1S/C35H35ClFN5O2/c1-23(43)40(21-26-7-3-5-9-33(26)36)22-29(17-27-19-38-34-10-6-4-8-30(27)34)42(24(2)44)41-15-13-25(14-16-41)32-20-39-35-12-11-28(37)18-31(32)35/h3-13,18-20,29,38-39H,14-17,21-22H2,1-2H3/t29-/m1/s1. The molecule has 2 aromatic heterocycles. The van der Waals surface area contributed by atoms with E-state index < -0.39 is 0 Å². The Labute approximate surface area is 260 Å². The highest BCUT2D eigenvalue weighted by Gasteiger charge is 2.32. The summed E-state index contributed by atoms with van der Waals surface area (Å²) < 4.78 is 14.1. The minimum Gasteiger partial charge on any atom is -0.361 e. The average molecular weight is 612 g/mol. The normalized spacial score (nSPS) is 14.5. The molecule has 0 bridgehead atoms. The lowest BCUT2D eigenvalue weighted by atomic mass is 9.99. The number of amides is 2. The van der Waals surface area contributed by atoms with Crippen molar-refractivity contribution >= 4 is 50.8 Å².